The second kappa shape index (κ2) is 5.24. The SMILES string of the molecule is Cc1cc(C(=O)Nc2ccc(-c3cnc(C)o3)cc2)n[nH]1. The van der Waals surface area contributed by atoms with E-state index in [9.17, 15) is 4.79 Å². The average molecular weight is 282 g/mol. The maximum Gasteiger partial charge on any atom is 0.276 e. The van der Waals surface area contributed by atoms with Gasteiger partial charge in [-0.15, -0.1) is 0 Å². The number of carbonyl (C=O) groups excluding carboxylic acids is 1. The van der Waals surface area contributed by atoms with E-state index in [0.29, 0.717) is 23.0 Å². The van der Waals surface area contributed by atoms with Gasteiger partial charge in [-0.05, 0) is 37.3 Å². The number of amides is 1. The predicted octanol–water partition coefficient (Wildman–Crippen LogP) is 2.93. The van der Waals surface area contributed by atoms with Crippen LogP contribution >= 0.6 is 0 Å². The number of nitrogens with zero attached hydrogens (tertiary/aromatic N) is 2. The summed E-state index contributed by atoms with van der Waals surface area (Å²) in [7, 11) is 0. The number of aromatic amines is 1. The van der Waals surface area contributed by atoms with Gasteiger partial charge in [0, 0.05) is 23.9 Å². The van der Waals surface area contributed by atoms with Gasteiger partial charge in [-0.1, -0.05) is 0 Å². The van der Waals surface area contributed by atoms with Crippen molar-refractivity contribution >= 4 is 11.6 Å². The van der Waals surface area contributed by atoms with Gasteiger partial charge in [0.15, 0.2) is 17.3 Å². The zero-order chi connectivity index (χ0) is 14.8. The first-order valence-electron chi connectivity index (χ1n) is 6.48. The molecule has 0 aliphatic carbocycles. The molecule has 106 valence electrons. The lowest BCUT2D eigenvalue weighted by atomic mass is 10.1. The lowest BCUT2D eigenvalue weighted by Crippen LogP contribution is -2.12. The summed E-state index contributed by atoms with van der Waals surface area (Å²) < 4.78 is 5.45. The first kappa shape index (κ1) is 13.1. The third-order valence-corrected chi connectivity index (χ3v) is 2.99. The molecule has 2 heterocycles. The summed E-state index contributed by atoms with van der Waals surface area (Å²) in [5.41, 5.74) is 2.81. The van der Waals surface area contributed by atoms with Crippen LogP contribution in [0, 0.1) is 13.8 Å². The Kier molecular flexibility index (Phi) is 3.27. The van der Waals surface area contributed by atoms with Gasteiger partial charge in [-0.2, -0.15) is 5.10 Å². The summed E-state index contributed by atoms with van der Waals surface area (Å²) in [6.07, 6.45) is 1.68. The molecule has 0 saturated carbocycles. The van der Waals surface area contributed by atoms with Gasteiger partial charge in [0.05, 0.1) is 6.20 Å². The summed E-state index contributed by atoms with van der Waals surface area (Å²) in [4.78, 5) is 16.0. The smallest absolute Gasteiger partial charge is 0.276 e. The Balaban J connectivity index is 1.74. The molecule has 6 nitrogen and oxygen atoms in total. The second-order valence-electron chi connectivity index (χ2n) is 4.71. The van der Waals surface area contributed by atoms with Crippen LogP contribution < -0.4 is 5.32 Å². The number of anilines is 1. The third kappa shape index (κ3) is 2.84. The van der Waals surface area contributed by atoms with Crippen molar-refractivity contribution in [3.05, 3.63) is 53.8 Å². The van der Waals surface area contributed by atoms with Crippen LogP contribution in [0.5, 0.6) is 0 Å². The summed E-state index contributed by atoms with van der Waals surface area (Å²) in [6.45, 7) is 3.64. The molecule has 2 aromatic heterocycles. The van der Waals surface area contributed by atoms with Crippen molar-refractivity contribution in [2.75, 3.05) is 5.32 Å². The molecule has 21 heavy (non-hydrogen) atoms. The lowest BCUT2D eigenvalue weighted by molar-refractivity contribution is 0.102. The molecule has 0 saturated heterocycles. The fraction of sp³-hybridized carbons (Fsp3) is 0.133. The minimum Gasteiger partial charge on any atom is -0.441 e. The van der Waals surface area contributed by atoms with Crippen molar-refractivity contribution in [1.82, 2.24) is 15.2 Å². The van der Waals surface area contributed by atoms with E-state index < -0.39 is 0 Å². The van der Waals surface area contributed by atoms with Crippen molar-refractivity contribution in [1.29, 1.82) is 0 Å². The maximum atomic E-state index is 12.0. The Morgan fingerprint density at radius 3 is 2.57 bits per heavy atom. The number of aryl methyl sites for hydroxylation is 2. The van der Waals surface area contributed by atoms with E-state index in [2.05, 4.69) is 20.5 Å². The van der Waals surface area contributed by atoms with E-state index in [1.807, 2.05) is 31.2 Å². The molecular weight excluding hydrogens is 268 g/mol. The highest BCUT2D eigenvalue weighted by molar-refractivity contribution is 6.02. The van der Waals surface area contributed by atoms with E-state index in [1.165, 1.54) is 0 Å². The average Bonchev–Trinajstić information content (AvgIpc) is 3.08. The highest BCUT2D eigenvalue weighted by atomic mass is 16.4. The Bertz CT molecular complexity index is 771. The van der Waals surface area contributed by atoms with Crippen LogP contribution in [0.3, 0.4) is 0 Å². The fourth-order valence-corrected chi connectivity index (χ4v) is 1.94. The van der Waals surface area contributed by atoms with Crippen LogP contribution in [0.1, 0.15) is 22.1 Å². The van der Waals surface area contributed by atoms with Gasteiger partial charge in [-0.25, -0.2) is 4.98 Å². The van der Waals surface area contributed by atoms with Crippen LogP contribution in [0.2, 0.25) is 0 Å². The van der Waals surface area contributed by atoms with Crippen LogP contribution in [0.15, 0.2) is 40.9 Å². The molecule has 3 aromatic rings. The number of hydrogen-bond acceptors (Lipinski definition) is 4. The molecular formula is C15H14N4O2. The number of benzene rings is 1. The molecule has 0 fully saturated rings. The maximum absolute atomic E-state index is 12.0. The molecule has 6 heteroatoms. The Hall–Kier alpha value is -2.89. The number of H-pyrrole nitrogens is 1. The van der Waals surface area contributed by atoms with Crippen molar-refractivity contribution in [3.63, 3.8) is 0 Å². The molecule has 1 amide bonds. The van der Waals surface area contributed by atoms with Gasteiger partial charge in [0.25, 0.3) is 5.91 Å². The van der Waals surface area contributed by atoms with Crippen LogP contribution in [-0.4, -0.2) is 21.1 Å². The molecule has 2 N–H and O–H groups in total. The lowest BCUT2D eigenvalue weighted by Gasteiger charge is -2.03. The minimum absolute atomic E-state index is 0.248. The van der Waals surface area contributed by atoms with Crippen molar-refractivity contribution in [2.24, 2.45) is 0 Å². The van der Waals surface area contributed by atoms with E-state index in [1.54, 1.807) is 19.2 Å². The zero-order valence-electron chi connectivity index (χ0n) is 11.7. The molecule has 0 spiro atoms. The highest BCUT2D eigenvalue weighted by Crippen LogP contribution is 2.22. The number of rotatable bonds is 3. The second-order valence-corrected chi connectivity index (χ2v) is 4.71. The molecule has 0 unspecified atom stereocenters. The topological polar surface area (TPSA) is 83.8 Å². The molecule has 0 radical (unpaired) electrons. The predicted molar refractivity (Wildman–Crippen MR) is 78.0 cm³/mol. The number of carbonyl (C=O) groups is 1. The molecule has 1 aromatic carbocycles. The largest absolute Gasteiger partial charge is 0.441 e. The highest BCUT2D eigenvalue weighted by Gasteiger charge is 2.10. The Morgan fingerprint density at radius 1 is 1.24 bits per heavy atom. The summed E-state index contributed by atoms with van der Waals surface area (Å²) in [5.74, 6) is 1.08. The zero-order valence-corrected chi connectivity index (χ0v) is 11.7. The van der Waals surface area contributed by atoms with Gasteiger partial charge >= 0.3 is 0 Å². The Labute approximate surface area is 121 Å². The molecule has 3 rings (SSSR count). The molecule has 0 bridgehead atoms. The fourth-order valence-electron chi connectivity index (χ4n) is 1.94. The van der Waals surface area contributed by atoms with Crippen molar-refractivity contribution in [3.8, 4) is 11.3 Å². The van der Waals surface area contributed by atoms with Crippen LogP contribution in [-0.2, 0) is 0 Å². The number of aromatic nitrogens is 3. The van der Waals surface area contributed by atoms with Crippen LogP contribution in [0.4, 0.5) is 5.69 Å². The Morgan fingerprint density at radius 2 is 2.00 bits per heavy atom. The van der Waals surface area contributed by atoms with E-state index in [4.69, 9.17) is 4.42 Å². The first-order valence-corrected chi connectivity index (χ1v) is 6.48. The molecule has 0 atom stereocenters. The quantitative estimate of drug-likeness (QED) is 0.773. The number of nitrogens with one attached hydrogen (secondary N) is 2. The van der Waals surface area contributed by atoms with Crippen molar-refractivity contribution < 1.29 is 9.21 Å². The van der Waals surface area contributed by atoms with Crippen LogP contribution in [0.25, 0.3) is 11.3 Å². The van der Waals surface area contributed by atoms with E-state index >= 15 is 0 Å². The third-order valence-electron chi connectivity index (χ3n) is 2.99. The summed E-state index contributed by atoms with van der Waals surface area (Å²) >= 11 is 0. The first-order chi connectivity index (χ1) is 10.1. The van der Waals surface area contributed by atoms with E-state index in [-0.39, 0.29) is 5.91 Å². The van der Waals surface area contributed by atoms with Crippen molar-refractivity contribution in [2.45, 2.75) is 13.8 Å². The molecule has 0 aliphatic rings. The number of oxazole rings is 1. The summed E-state index contributed by atoms with van der Waals surface area (Å²) in [5, 5.41) is 9.45. The number of hydrogen-bond donors (Lipinski definition) is 2. The van der Waals surface area contributed by atoms with E-state index in [0.717, 1.165) is 11.3 Å². The van der Waals surface area contributed by atoms with Gasteiger partial charge in [0.2, 0.25) is 0 Å². The molecule has 0 aliphatic heterocycles. The standard InChI is InChI=1S/C15H14N4O2/c1-9-7-13(19-18-9)15(20)17-12-5-3-11(4-6-12)14-8-16-10(2)21-14/h3-8H,1-2H3,(H,17,20)(H,18,19). The van der Waals surface area contributed by atoms with Gasteiger partial charge in [-0.3, -0.25) is 9.89 Å². The summed E-state index contributed by atoms with van der Waals surface area (Å²) in [6, 6.07) is 9.05. The monoisotopic (exact) mass is 282 g/mol. The minimum atomic E-state index is -0.248. The van der Waals surface area contributed by atoms with Gasteiger partial charge < -0.3 is 9.73 Å². The van der Waals surface area contributed by atoms with Gasteiger partial charge in [0.1, 0.15) is 0 Å². The normalized spacial score (nSPS) is 10.6.